The fourth-order valence-electron chi connectivity index (χ4n) is 5.67. The molecule has 0 spiro atoms. The lowest BCUT2D eigenvalue weighted by Crippen LogP contribution is -2.66. The maximum absolute atomic E-state index is 5.12. The summed E-state index contributed by atoms with van der Waals surface area (Å²) in [6.45, 7) is 7.11. The van der Waals surface area contributed by atoms with Gasteiger partial charge in [-0.15, -0.1) is 0 Å². The molecule has 1 aromatic rings. The van der Waals surface area contributed by atoms with E-state index in [-0.39, 0.29) is 5.41 Å². The van der Waals surface area contributed by atoms with Crippen LogP contribution in [0.1, 0.15) is 32.3 Å². The van der Waals surface area contributed by atoms with Gasteiger partial charge in [0.05, 0.1) is 5.69 Å². The molecule has 0 amide bonds. The van der Waals surface area contributed by atoms with E-state index < -0.39 is 0 Å². The molecule has 4 atom stereocenters. The molecule has 0 N–H and O–H groups in total. The van der Waals surface area contributed by atoms with Crippen LogP contribution < -0.4 is 0 Å². The molecule has 1 aliphatic carbocycles. The van der Waals surface area contributed by atoms with Crippen LogP contribution in [0.3, 0.4) is 0 Å². The van der Waals surface area contributed by atoms with E-state index in [1.807, 2.05) is 0 Å². The second-order valence-electron chi connectivity index (χ2n) is 7.22. The van der Waals surface area contributed by atoms with Gasteiger partial charge in [0.15, 0.2) is 0 Å². The van der Waals surface area contributed by atoms with Crippen molar-refractivity contribution >= 4 is 11.4 Å². The van der Waals surface area contributed by atoms with E-state index in [0.717, 1.165) is 5.92 Å². The molecule has 0 radical (unpaired) electrons. The number of rotatable bonds is 0. The summed E-state index contributed by atoms with van der Waals surface area (Å²) in [4.78, 5) is 7.81. The van der Waals surface area contributed by atoms with Gasteiger partial charge in [0.2, 0.25) is 0 Å². The average molecular weight is 278 g/mol. The van der Waals surface area contributed by atoms with E-state index in [1.54, 1.807) is 5.57 Å². The largest absolute Gasteiger partial charge is 0.291 e. The Hall–Kier alpha value is -1.41. The zero-order valence-corrected chi connectivity index (χ0v) is 12.8. The van der Waals surface area contributed by atoms with Crippen LogP contribution in [0.5, 0.6) is 0 Å². The molecule has 1 saturated carbocycles. The van der Waals surface area contributed by atoms with Crippen LogP contribution in [0.4, 0.5) is 5.69 Å². The second-order valence-corrected chi connectivity index (χ2v) is 7.22. The molecule has 0 unspecified atom stereocenters. The van der Waals surface area contributed by atoms with Crippen molar-refractivity contribution in [3.63, 3.8) is 0 Å². The molecule has 0 aromatic heterocycles. The van der Waals surface area contributed by atoms with Crippen LogP contribution in [0.15, 0.2) is 40.9 Å². The van der Waals surface area contributed by atoms with Crippen molar-refractivity contribution in [2.24, 2.45) is 16.8 Å². The molecular formula is C19H22N2. The van der Waals surface area contributed by atoms with Crippen LogP contribution >= 0.6 is 0 Å². The third-order valence-corrected chi connectivity index (χ3v) is 6.72. The average Bonchev–Trinajstić information content (AvgIpc) is 2.88. The van der Waals surface area contributed by atoms with E-state index in [2.05, 4.69) is 49.1 Å². The monoisotopic (exact) mass is 278 g/mol. The van der Waals surface area contributed by atoms with Crippen LogP contribution in [0.25, 0.3) is 0 Å². The molecule has 2 heteroatoms. The molecule has 3 bridgehead atoms. The highest BCUT2D eigenvalue weighted by Gasteiger charge is 2.61. The van der Waals surface area contributed by atoms with Crippen molar-refractivity contribution in [3.05, 3.63) is 41.5 Å². The Morgan fingerprint density at radius 1 is 1.33 bits per heavy atom. The number of hydrogen-bond donors (Lipinski definition) is 0. The standard InChI is InChI=1S/C19H22N2/c1-3-13-11-21-9-8-19-12(2)14(13)10-17(21)18(19)20-16-7-5-4-6-15(16)19/h3-7,12,14,17H,8-11H2,1-2H3/b13-3-/t12-,14-,17+,19-/m1/s1. The Labute approximate surface area is 126 Å². The highest BCUT2D eigenvalue weighted by molar-refractivity contribution is 6.07. The molecule has 3 heterocycles. The minimum Gasteiger partial charge on any atom is -0.291 e. The minimum atomic E-state index is 0.232. The lowest BCUT2D eigenvalue weighted by Gasteiger charge is -2.59. The summed E-state index contributed by atoms with van der Waals surface area (Å²) in [7, 11) is 0. The van der Waals surface area contributed by atoms with Crippen molar-refractivity contribution in [2.45, 2.75) is 38.1 Å². The number of benzene rings is 1. The molecule has 1 aromatic carbocycles. The van der Waals surface area contributed by atoms with Gasteiger partial charge in [-0.05, 0) is 43.2 Å². The maximum atomic E-state index is 5.12. The van der Waals surface area contributed by atoms with E-state index >= 15 is 0 Å². The van der Waals surface area contributed by atoms with E-state index in [9.17, 15) is 0 Å². The zero-order chi connectivity index (χ0) is 14.2. The predicted octanol–water partition coefficient (Wildman–Crippen LogP) is 3.70. The zero-order valence-electron chi connectivity index (χ0n) is 12.8. The van der Waals surface area contributed by atoms with Gasteiger partial charge in [-0.3, -0.25) is 9.89 Å². The molecule has 2 saturated heterocycles. The fourth-order valence-corrected chi connectivity index (χ4v) is 5.67. The summed E-state index contributed by atoms with van der Waals surface area (Å²) >= 11 is 0. The van der Waals surface area contributed by atoms with E-state index in [1.165, 1.54) is 42.9 Å². The molecule has 4 aliphatic rings. The van der Waals surface area contributed by atoms with Crippen LogP contribution in [-0.2, 0) is 5.41 Å². The Bertz CT molecular complexity index is 687. The topological polar surface area (TPSA) is 15.6 Å². The number of hydrogen-bond acceptors (Lipinski definition) is 2. The van der Waals surface area contributed by atoms with Crippen LogP contribution in [-0.4, -0.2) is 29.7 Å². The van der Waals surface area contributed by atoms with Crippen molar-refractivity contribution in [2.75, 3.05) is 13.1 Å². The van der Waals surface area contributed by atoms with Gasteiger partial charge in [0.1, 0.15) is 0 Å². The third kappa shape index (κ3) is 1.27. The number of allylic oxidation sites excluding steroid dienone is 1. The first-order valence-electron chi connectivity index (χ1n) is 8.33. The number of para-hydroxylation sites is 1. The summed E-state index contributed by atoms with van der Waals surface area (Å²) < 4.78 is 0. The van der Waals surface area contributed by atoms with Crippen molar-refractivity contribution in [3.8, 4) is 0 Å². The van der Waals surface area contributed by atoms with Gasteiger partial charge in [-0.1, -0.05) is 36.8 Å². The van der Waals surface area contributed by atoms with Gasteiger partial charge in [-0.2, -0.15) is 0 Å². The number of fused-ring (bicyclic) bond motifs is 2. The molecule has 3 fully saturated rings. The molecule has 108 valence electrons. The summed E-state index contributed by atoms with van der Waals surface area (Å²) in [5.74, 6) is 1.44. The quantitative estimate of drug-likeness (QED) is 0.661. The summed E-state index contributed by atoms with van der Waals surface area (Å²) in [5.41, 5.74) is 6.15. The van der Waals surface area contributed by atoms with Crippen molar-refractivity contribution < 1.29 is 0 Å². The minimum absolute atomic E-state index is 0.232. The molecule has 2 nitrogen and oxygen atoms in total. The van der Waals surface area contributed by atoms with Gasteiger partial charge >= 0.3 is 0 Å². The Balaban J connectivity index is 1.77. The SMILES string of the molecule is C/C=C1/CN2CC[C@]34C(=Nc5ccccc53)[C@@H]2C[C@@H]1[C@H]4C. The molecule has 21 heavy (non-hydrogen) atoms. The number of nitrogens with zero attached hydrogens (tertiary/aromatic N) is 2. The van der Waals surface area contributed by atoms with Gasteiger partial charge in [-0.25, -0.2) is 0 Å². The van der Waals surface area contributed by atoms with E-state index in [4.69, 9.17) is 4.99 Å². The number of aliphatic imine (C=N–C) groups is 1. The first-order chi connectivity index (χ1) is 10.3. The first-order valence-corrected chi connectivity index (χ1v) is 8.33. The first kappa shape index (κ1) is 12.2. The third-order valence-electron chi connectivity index (χ3n) is 6.72. The maximum Gasteiger partial charge on any atom is 0.0671 e. The van der Waals surface area contributed by atoms with Crippen molar-refractivity contribution in [1.29, 1.82) is 0 Å². The highest BCUT2D eigenvalue weighted by atomic mass is 15.2. The molecule has 5 rings (SSSR count). The Kier molecular flexibility index (Phi) is 2.24. The predicted molar refractivity (Wildman–Crippen MR) is 86.2 cm³/mol. The summed E-state index contributed by atoms with van der Waals surface area (Å²) in [5, 5.41) is 0. The van der Waals surface area contributed by atoms with Crippen LogP contribution in [0, 0.1) is 11.8 Å². The lowest BCUT2D eigenvalue weighted by molar-refractivity contribution is 0.0669. The smallest absolute Gasteiger partial charge is 0.0671 e. The van der Waals surface area contributed by atoms with Gasteiger partial charge in [0, 0.05) is 30.3 Å². The Morgan fingerprint density at radius 2 is 2.19 bits per heavy atom. The van der Waals surface area contributed by atoms with Gasteiger partial charge in [0.25, 0.3) is 0 Å². The highest BCUT2D eigenvalue weighted by Crippen LogP contribution is 2.59. The summed E-state index contributed by atoms with van der Waals surface area (Å²) in [6, 6.07) is 9.49. The van der Waals surface area contributed by atoms with Crippen molar-refractivity contribution in [1.82, 2.24) is 4.90 Å². The lowest BCUT2D eigenvalue weighted by atomic mass is 9.51. The molecular weight excluding hydrogens is 256 g/mol. The molecule has 3 aliphatic heterocycles. The normalized spacial score (nSPS) is 41.9. The van der Waals surface area contributed by atoms with E-state index in [0.29, 0.717) is 12.0 Å². The Morgan fingerprint density at radius 3 is 3.05 bits per heavy atom. The summed E-state index contributed by atoms with van der Waals surface area (Å²) in [6.07, 6.45) is 4.93. The fraction of sp³-hybridized carbons (Fsp3) is 0.526. The van der Waals surface area contributed by atoms with Crippen LogP contribution in [0.2, 0.25) is 0 Å². The number of piperidine rings is 2. The van der Waals surface area contributed by atoms with Gasteiger partial charge < -0.3 is 0 Å². The second kappa shape index (κ2) is 3.86.